The van der Waals surface area contributed by atoms with Gasteiger partial charge in [0.15, 0.2) is 5.69 Å². The molecule has 0 radical (unpaired) electrons. The molecule has 1 fully saturated rings. The average Bonchev–Trinajstić information content (AvgIpc) is 3.43. The van der Waals surface area contributed by atoms with Crippen molar-refractivity contribution in [2.75, 3.05) is 12.9 Å². The molecule has 0 aliphatic heterocycles. The molecule has 1 aromatic carbocycles. The number of pyridine rings is 1. The average molecular weight is 338 g/mol. The van der Waals surface area contributed by atoms with Crippen molar-refractivity contribution in [1.29, 1.82) is 5.26 Å². The third kappa shape index (κ3) is 3.02. The van der Waals surface area contributed by atoms with Crippen LogP contribution < -0.4 is 0 Å². The summed E-state index contributed by atoms with van der Waals surface area (Å²) in [6, 6.07) is 12.5. The monoisotopic (exact) mass is 338 g/mol. The molecule has 1 heterocycles. The number of carbonyl (C=O) groups excluding carboxylic acids is 1. The molecule has 1 aliphatic rings. The van der Waals surface area contributed by atoms with E-state index >= 15 is 0 Å². The second kappa shape index (κ2) is 6.66. The van der Waals surface area contributed by atoms with Gasteiger partial charge in [0.05, 0.1) is 18.6 Å². The molecular weight excluding hydrogens is 320 g/mol. The molecule has 2 aromatic rings. The molecule has 0 saturated heterocycles. The van der Waals surface area contributed by atoms with E-state index in [2.05, 4.69) is 11.1 Å². The quantitative estimate of drug-likeness (QED) is 0.604. The van der Waals surface area contributed by atoms with E-state index in [4.69, 9.17) is 4.74 Å². The van der Waals surface area contributed by atoms with Crippen molar-refractivity contribution in [3.05, 3.63) is 47.8 Å². The van der Waals surface area contributed by atoms with Crippen LogP contribution in [0.2, 0.25) is 0 Å². The minimum absolute atomic E-state index is 0.269. The van der Waals surface area contributed by atoms with Crippen molar-refractivity contribution in [3.8, 4) is 17.2 Å². The Kier molecular flexibility index (Phi) is 4.59. The maximum atomic E-state index is 11.8. The fourth-order valence-corrected chi connectivity index (χ4v) is 3.48. The van der Waals surface area contributed by atoms with E-state index in [-0.39, 0.29) is 5.41 Å². The Balaban J connectivity index is 1.93. The topological polar surface area (TPSA) is 63.0 Å². The normalized spacial score (nSPS) is 14.7. The summed E-state index contributed by atoms with van der Waals surface area (Å²) >= 11 is 1.57. The highest BCUT2D eigenvalue weighted by Crippen LogP contribution is 2.47. The van der Waals surface area contributed by atoms with Gasteiger partial charge >= 0.3 is 5.97 Å². The van der Waals surface area contributed by atoms with Gasteiger partial charge in [-0.05, 0) is 35.8 Å². The predicted molar refractivity (Wildman–Crippen MR) is 93.9 cm³/mol. The predicted octanol–water partition coefficient (Wildman–Crippen LogP) is 4.20. The van der Waals surface area contributed by atoms with Crippen LogP contribution in [0.25, 0.3) is 11.1 Å². The third-order valence-electron chi connectivity index (χ3n) is 4.27. The van der Waals surface area contributed by atoms with Crippen molar-refractivity contribution in [3.63, 3.8) is 0 Å². The van der Waals surface area contributed by atoms with Gasteiger partial charge in [-0.3, -0.25) is 0 Å². The molecule has 0 bridgehead atoms. The molecule has 1 aromatic heterocycles. The van der Waals surface area contributed by atoms with E-state index in [1.54, 1.807) is 18.0 Å². The van der Waals surface area contributed by atoms with Gasteiger partial charge < -0.3 is 4.74 Å². The van der Waals surface area contributed by atoms with Gasteiger partial charge in [0.2, 0.25) is 0 Å². The second-order valence-electron chi connectivity index (χ2n) is 5.77. The van der Waals surface area contributed by atoms with Crippen LogP contribution in [0.4, 0.5) is 0 Å². The summed E-state index contributed by atoms with van der Waals surface area (Å²) < 4.78 is 4.80. The lowest BCUT2D eigenvalue weighted by Gasteiger charge is -2.10. The molecule has 1 saturated carbocycles. The molecule has 0 atom stereocenters. The fraction of sp³-hybridized carbons (Fsp3) is 0.316. The summed E-state index contributed by atoms with van der Waals surface area (Å²) in [7, 11) is 1.36. The van der Waals surface area contributed by atoms with Gasteiger partial charge in [0, 0.05) is 16.7 Å². The minimum atomic E-state index is -0.419. The Hall–Kier alpha value is -2.32. The highest BCUT2D eigenvalue weighted by Gasteiger charge is 2.44. The molecule has 24 heavy (non-hydrogen) atoms. The Bertz CT molecular complexity index is 805. The van der Waals surface area contributed by atoms with E-state index in [0.29, 0.717) is 5.69 Å². The Labute approximate surface area is 145 Å². The Morgan fingerprint density at radius 1 is 1.33 bits per heavy atom. The van der Waals surface area contributed by atoms with Crippen molar-refractivity contribution < 1.29 is 9.53 Å². The van der Waals surface area contributed by atoms with Crippen LogP contribution in [0.1, 0.15) is 35.8 Å². The van der Waals surface area contributed by atoms with Crippen LogP contribution in [0.3, 0.4) is 0 Å². The first-order valence-corrected chi connectivity index (χ1v) is 8.85. The van der Waals surface area contributed by atoms with Crippen LogP contribution in [0.15, 0.2) is 41.4 Å². The third-order valence-corrected chi connectivity index (χ3v) is 5.18. The standard InChI is InChI=1S/C19H18N2O2S/c1-3-24-16-10-14(11-21-17(16)18(22)23-2)13-4-6-15(7-5-13)19(12-20)8-9-19/h4-7,10-11H,3,8-9H2,1-2H3. The minimum Gasteiger partial charge on any atom is -0.464 e. The zero-order valence-electron chi connectivity index (χ0n) is 13.7. The second-order valence-corrected chi connectivity index (χ2v) is 7.07. The number of ether oxygens (including phenoxy) is 1. The summed E-state index contributed by atoms with van der Waals surface area (Å²) in [5.41, 5.74) is 3.14. The van der Waals surface area contributed by atoms with Crippen LogP contribution in [-0.4, -0.2) is 23.8 Å². The van der Waals surface area contributed by atoms with Crippen LogP contribution in [0.5, 0.6) is 0 Å². The van der Waals surface area contributed by atoms with Gasteiger partial charge in [-0.1, -0.05) is 31.2 Å². The zero-order chi connectivity index (χ0) is 17.2. The molecule has 3 rings (SSSR count). The van der Waals surface area contributed by atoms with Crippen molar-refractivity contribution in [2.45, 2.75) is 30.1 Å². The number of carbonyl (C=O) groups is 1. The number of hydrogen-bond acceptors (Lipinski definition) is 5. The number of esters is 1. The van der Waals surface area contributed by atoms with E-state index in [1.807, 2.05) is 37.3 Å². The molecule has 5 heteroatoms. The summed E-state index contributed by atoms with van der Waals surface area (Å²) in [6.45, 7) is 2.03. The molecule has 0 amide bonds. The molecular formula is C19H18N2O2S. The SMILES string of the molecule is CCSc1cc(-c2ccc(C3(C#N)CC3)cc2)cnc1C(=O)OC. The number of thioether (sulfide) groups is 1. The number of benzene rings is 1. The maximum absolute atomic E-state index is 11.8. The van der Waals surface area contributed by atoms with Gasteiger partial charge in [-0.25, -0.2) is 9.78 Å². The first-order valence-electron chi connectivity index (χ1n) is 7.87. The van der Waals surface area contributed by atoms with E-state index in [9.17, 15) is 10.1 Å². The molecule has 0 unspecified atom stereocenters. The lowest BCUT2D eigenvalue weighted by atomic mass is 9.95. The summed E-state index contributed by atoms with van der Waals surface area (Å²) in [6.07, 6.45) is 3.57. The highest BCUT2D eigenvalue weighted by molar-refractivity contribution is 7.99. The Morgan fingerprint density at radius 2 is 2.04 bits per heavy atom. The Morgan fingerprint density at radius 3 is 2.58 bits per heavy atom. The smallest absolute Gasteiger partial charge is 0.357 e. The van der Waals surface area contributed by atoms with Crippen LogP contribution in [0, 0.1) is 11.3 Å². The lowest BCUT2D eigenvalue weighted by molar-refractivity contribution is 0.0589. The molecule has 0 spiro atoms. The van der Waals surface area contributed by atoms with Gasteiger partial charge in [0.1, 0.15) is 0 Å². The number of hydrogen-bond donors (Lipinski definition) is 0. The molecule has 0 N–H and O–H groups in total. The van der Waals surface area contributed by atoms with E-state index < -0.39 is 5.97 Å². The molecule has 4 nitrogen and oxygen atoms in total. The van der Waals surface area contributed by atoms with Crippen molar-refractivity contribution in [2.24, 2.45) is 0 Å². The number of nitrogens with zero attached hydrogens (tertiary/aromatic N) is 2. The van der Waals surface area contributed by atoms with Crippen LogP contribution in [-0.2, 0) is 10.2 Å². The maximum Gasteiger partial charge on any atom is 0.357 e. The zero-order valence-corrected chi connectivity index (χ0v) is 14.5. The first kappa shape index (κ1) is 16.5. The summed E-state index contributed by atoms with van der Waals surface area (Å²) in [4.78, 5) is 16.9. The summed E-state index contributed by atoms with van der Waals surface area (Å²) in [5, 5.41) is 9.29. The lowest BCUT2D eigenvalue weighted by Crippen LogP contribution is -2.06. The first-order chi connectivity index (χ1) is 11.6. The number of nitriles is 1. The number of methoxy groups -OCH3 is 1. The van der Waals surface area contributed by atoms with Crippen molar-refractivity contribution in [1.82, 2.24) is 4.98 Å². The number of rotatable bonds is 5. The van der Waals surface area contributed by atoms with E-state index in [0.717, 1.165) is 40.2 Å². The van der Waals surface area contributed by atoms with Crippen molar-refractivity contribution >= 4 is 17.7 Å². The largest absolute Gasteiger partial charge is 0.464 e. The molecule has 122 valence electrons. The van der Waals surface area contributed by atoms with Crippen LogP contribution >= 0.6 is 11.8 Å². The fourth-order valence-electron chi connectivity index (χ4n) is 2.69. The van der Waals surface area contributed by atoms with E-state index in [1.165, 1.54) is 7.11 Å². The van der Waals surface area contributed by atoms with Gasteiger partial charge in [-0.2, -0.15) is 5.26 Å². The van der Waals surface area contributed by atoms with Gasteiger partial charge in [-0.15, -0.1) is 11.8 Å². The van der Waals surface area contributed by atoms with Gasteiger partial charge in [0.25, 0.3) is 0 Å². The number of aromatic nitrogens is 1. The summed E-state index contributed by atoms with van der Waals surface area (Å²) in [5.74, 6) is 0.427. The highest BCUT2D eigenvalue weighted by atomic mass is 32.2. The molecule has 1 aliphatic carbocycles.